The molecule has 5 nitrogen and oxygen atoms in total. The maximum atomic E-state index is 12.0. The van der Waals surface area contributed by atoms with Gasteiger partial charge in [-0.3, -0.25) is 4.79 Å². The molecule has 5 heteroatoms. The van der Waals surface area contributed by atoms with Gasteiger partial charge in [0.1, 0.15) is 0 Å². The average Bonchev–Trinajstić information content (AvgIpc) is 2.89. The first-order valence-electron chi connectivity index (χ1n) is 6.70. The Kier molecular flexibility index (Phi) is 4.63. The van der Waals surface area contributed by atoms with Crippen molar-refractivity contribution < 1.29 is 9.53 Å². The third-order valence-electron chi connectivity index (χ3n) is 3.23. The van der Waals surface area contributed by atoms with E-state index in [9.17, 15) is 4.79 Å². The van der Waals surface area contributed by atoms with Gasteiger partial charge in [-0.25, -0.2) is 0 Å². The Bertz CT molecular complexity index is 442. The van der Waals surface area contributed by atoms with E-state index in [2.05, 4.69) is 10.6 Å². The number of amides is 1. The van der Waals surface area contributed by atoms with Gasteiger partial charge in [0.05, 0.1) is 12.2 Å². The number of nitrogens with one attached hydrogen (secondary N) is 2. The number of hydrogen-bond acceptors (Lipinski definition) is 4. The molecule has 0 spiro atoms. The molecule has 104 valence electrons. The van der Waals surface area contributed by atoms with E-state index < -0.39 is 0 Å². The smallest absolute Gasteiger partial charge is 0.253 e. The van der Waals surface area contributed by atoms with Gasteiger partial charge in [0, 0.05) is 37.0 Å². The van der Waals surface area contributed by atoms with Crippen molar-refractivity contribution in [3.63, 3.8) is 0 Å². The molecule has 2 rings (SSSR count). The Hall–Kier alpha value is -1.75. The van der Waals surface area contributed by atoms with Crippen LogP contribution >= 0.6 is 0 Å². The van der Waals surface area contributed by atoms with Crippen LogP contribution in [0.4, 0.5) is 11.4 Å². The summed E-state index contributed by atoms with van der Waals surface area (Å²) in [5.74, 6) is 0.427. The topological polar surface area (TPSA) is 76.4 Å². The van der Waals surface area contributed by atoms with Crippen molar-refractivity contribution in [2.45, 2.75) is 13.3 Å². The molecule has 0 aliphatic carbocycles. The second-order valence-electron chi connectivity index (χ2n) is 4.77. The number of nitrogens with two attached hydrogens (primary N) is 1. The summed E-state index contributed by atoms with van der Waals surface area (Å²) >= 11 is 0. The fourth-order valence-corrected chi connectivity index (χ4v) is 2.16. The second-order valence-corrected chi connectivity index (χ2v) is 4.77. The van der Waals surface area contributed by atoms with Crippen LogP contribution in [0, 0.1) is 5.92 Å². The van der Waals surface area contributed by atoms with E-state index in [0.717, 1.165) is 31.9 Å². The summed E-state index contributed by atoms with van der Waals surface area (Å²) in [6, 6.07) is 5.31. The van der Waals surface area contributed by atoms with Gasteiger partial charge in [-0.05, 0) is 31.5 Å². The standard InChI is InChI=1S/C14H21N3O2/c1-2-16-14(18)12-4-3-11(15)7-13(12)17-8-10-5-6-19-9-10/h3-4,7,10,17H,2,5-6,8-9,15H2,1H3,(H,16,18). The average molecular weight is 263 g/mol. The number of ether oxygens (including phenoxy) is 1. The summed E-state index contributed by atoms with van der Waals surface area (Å²) in [6.45, 7) is 4.92. The van der Waals surface area contributed by atoms with Crippen molar-refractivity contribution in [2.24, 2.45) is 5.92 Å². The summed E-state index contributed by atoms with van der Waals surface area (Å²) in [5.41, 5.74) is 7.86. The Labute approximate surface area is 113 Å². The van der Waals surface area contributed by atoms with Crippen LogP contribution in [0.15, 0.2) is 18.2 Å². The third-order valence-corrected chi connectivity index (χ3v) is 3.23. The lowest BCUT2D eigenvalue weighted by Crippen LogP contribution is -2.24. The van der Waals surface area contributed by atoms with Crippen LogP contribution in [0.25, 0.3) is 0 Å². The molecule has 1 atom stereocenters. The molecular formula is C14H21N3O2. The van der Waals surface area contributed by atoms with E-state index in [1.165, 1.54) is 0 Å². The minimum absolute atomic E-state index is 0.0762. The Morgan fingerprint density at radius 1 is 1.53 bits per heavy atom. The number of carbonyl (C=O) groups excluding carboxylic acids is 1. The Morgan fingerprint density at radius 2 is 2.37 bits per heavy atom. The lowest BCUT2D eigenvalue weighted by Gasteiger charge is -2.15. The van der Waals surface area contributed by atoms with Gasteiger partial charge < -0.3 is 21.1 Å². The van der Waals surface area contributed by atoms with Crippen molar-refractivity contribution in [1.29, 1.82) is 0 Å². The zero-order valence-corrected chi connectivity index (χ0v) is 11.2. The van der Waals surface area contributed by atoms with Crippen LogP contribution in [0.2, 0.25) is 0 Å². The van der Waals surface area contributed by atoms with Crippen LogP contribution < -0.4 is 16.4 Å². The van der Waals surface area contributed by atoms with Gasteiger partial charge in [-0.15, -0.1) is 0 Å². The molecule has 0 aromatic heterocycles. The van der Waals surface area contributed by atoms with Crippen molar-refractivity contribution in [1.82, 2.24) is 5.32 Å². The number of anilines is 2. The molecular weight excluding hydrogens is 242 g/mol. The fraction of sp³-hybridized carbons (Fsp3) is 0.500. The zero-order chi connectivity index (χ0) is 13.7. The molecule has 0 bridgehead atoms. The van der Waals surface area contributed by atoms with E-state index in [4.69, 9.17) is 10.5 Å². The largest absolute Gasteiger partial charge is 0.399 e. The first kappa shape index (κ1) is 13.7. The number of hydrogen-bond donors (Lipinski definition) is 3. The highest BCUT2D eigenvalue weighted by molar-refractivity contribution is 6.00. The molecule has 1 heterocycles. The van der Waals surface area contributed by atoms with E-state index in [1.807, 2.05) is 6.92 Å². The first-order valence-corrected chi connectivity index (χ1v) is 6.70. The highest BCUT2D eigenvalue weighted by Gasteiger charge is 2.17. The van der Waals surface area contributed by atoms with Gasteiger partial charge in [0.25, 0.3) is 5.91 Å². The minimum Gasteiger partial charge on any atom is -0.399 e. The minimum atomic E-state index is -0.0762. The maximum Gasteiger partial charge on any atom is 0.253 e. The second kappa shape index (κ2) is 6.43. The lowest BCUT2D eigenvalue weighted by molar-refractivity contribution is 0.0956. The maximum absolute atomic E-state index is 12.0. The molecule has 1 saturated heterocycles. The summed E-state index contributed by atoms with van der Waals surface area (Å²) in [7, 11) is 0. The molecule has 1 amide bonds. The summed E-state index contributed by atoms with van der Waals surface area (Å²) in [6.07, 6.45) is 1.06. The molecule has 1 unspecified atom stereocenters. The third kappa shape index (κ3) is 3.61. The van der Waals surface area contributed by atoms with Crippen molar-refractivity contribution in [2.75, 3.05) is 37.4 Å². The van der Waals surface area contributed by atoms with Crippen molar-refractivity contribution >= 4 is 17.3 Å². The molecule has 1 aliphatic heterocycles. The fourth-order valence-electron chi connectivity index (χ4n) is 2.16. The summed E-state index contributed by atoms with van der Waals surface area (Å²) in [5, 5.41) is 6.12. The predicted octanol–water partition coefficient (Wildman–Crippen LogP) is 1.47. The molecule has 1 fully saturated rings. The molecule has 1 aromatic carbocycles. The van der Waals surface area contributed by atoms with Crippen LogP contribution in [0.5, 0.6) is 0 Å². The Morgan fingerprint density at radius 3 is 3.05 bits per heavy atom. The van der Waals surface area contributed by atoms with Gasteiger partial charge in [-0.2, -0.15) is 0 Å². The Balaban J connectivity index is 2.07. The van der Waals surface area contributed by atoms with E-state index in [-0.39, 0.29) is 5.91 Å². The number of nitrogen functional groups attached to an aromatic ring is 1. The normalized spacial score (nSPS) is 18.3. The highest BCUT2D eigenvalue weighted by Crippen LogP contribution is 2.21. The lowest BCUT2D eigenvalue weighted by atomic mass is 10.1. The quantitative estimate of drug-likeness (QED) is 0.703. The summed E-state index contributed by atoms with van der Waals surface area (Å²) < 4.78 is 5.34. The van der Waals surface area contributed by atoms with Crippen LogP contribution in [0.3, 0.4) is 0 Å². The zero-order valence-electron chi connectivity index (χ0n) is 11.2. The van der Waals surface area contributed by atoms with Crippen LogP contribution in [0.1, 0.15) is 23.7 Å². The number of rotatable bonds is 5. The van der Waals surface area contributed by atoms with E-state index in [1.54, 1.807) is 18.2 Å². The van der Waals surface area contributed by atoms with Crippen molar-refractivity contribution in [3.05, 3.63) is 23.8 Å². The molecule has 1 aromatic rings. The van der Waals surface area contributed by atoms with Gasteiger partial charge in [0.15, 0.2) is 0 Å². The molecule has 19 heavy (non-hydrogen) atoms. The van der Waals surface area contributed by atoms with E-state index >= 15 is 0 Å². The van der Waals surface area contributed by atoms with Gasteiger partial charge >= 0.3 is 0 Å². The predicted molar refractivity (Wildman–Crippen MR) is 76.3 cm³/mol. The highest BCUT2D eigenvalue weighted by atomic mass is 16.5. The monoisotopic (exact) mass is 263 g/mol. The SMILES string of the molecule is CCNC(=O)c1ccc(N)cc1NCC1CCOC1. The van der Waals surface area contributed by atoms with Gasteiger partial charge in [-0.1, -0.05) is 0 Å². The number of carbonyl (C=O) groups is 1. The number of benzene rings is 1. The molecule has 0 radical (unpaired) electrons. The van der Waals surface area contributed by atoms with Gasteiger partial charge in [0.2, 0.25) is 0 Å². The molecule has 0 saturated carbocycles. The van der Waals surface area contributed by atoms with E-state index in [0.29, 0.717) is 23.7 Å². The first-order chi connectivity index (χ1) is 9.20. The van der Waals surface area contributed by atoms with Crippen molar-refractivity contribution in [3.8, 4) is 0 Å². The summed E-state index contributed by atoms with van der Waals surface area (Å²) in [4.78, 5) is 12.0. The van der Waals surface area contributed by atoms with Crippen LogP contribution in [-0.4, -0.2) is 32.2 Å². The molecule has 1 aliphatic rings. The van der Waals surface area contributed by atoms with Crippen LogP contribution in [-0.2, 0) is 4.74 Å². The molecule has 4 N–H and O–H groups in total.